The van der Waals surface area contributed by atoms with Crippen LogP contribution in [0.3, 0.4) is 0 Å². The molecule has 1 fully saturated rings. The minimum Gasteiger partial charge on any atom is -0.382 e. The number of allylic oxidation sites excluding steroid dienone is 1. The van der Waals surface area contributed by atoms with Gasteiger partial charge in [0, 0.05) is 35.8 Å². The van der Waals surface area contributed by atoms with Crippen molar-refractivity contribution in [3.63, 3.8) is 0 Å². The Hall–Kier alpha value is -0.800. The van der Waals surface area contributed by atoms with Gasteiger partial charge in [0.1, 0.15) is 0 Å². The topological polar surface area (TPSA) is 15.3 Å². The molecule has 1 saturated heterocycles. The number of anilines is 1. The van der Waals surface area contributed by atoms with Crippen molar-refractivity contribution in [3.05, 3.63) is 39.9 Å². The van der Waals surface area contributed by atoms with Crippen LogP contribution in [0.5, 0.6) is 0 Å². The number of rotatable bonds is 5. The molecular formula is C18H27BrN2. The number of likely N-dealkylation sites (tertiary alicyclic amines) is 1. The van der Waals surface area contributed by atoms with Crippen LogP contribution in [-0.4, -0.2) is 30.6 Å². The van der Waals surface area contributed by atoms with Crippen molar-refractivity contribution in [3.8, 4) is 0 Å². The van der Waals surface area contributed by atoms with E-state index >= 15 is 0 Å². The monoisotopic (exact) mass is 350 g/mol. The van der Waals surface area contributed by atoms with Gasteiger partial charge in [-0.15, -0.1) is 0 Å². The minimum atomic E-state index is 0.611. The van der Waals surface area contributed by atoms with E-state index in [1.807, 2.05) is 0 Å². The van der Waals surface area contributed by atoms with Crippen LogP contribution in [0.15, 0.2) is 34.3 Å². The third kappa shape index (κ3) is 5.15. The van der Waals surface area contributed by atoms with Gasteiger partial charge in [0.2, 0.25) is 0 Å². The summed E-state index contributed by atoms with van der Waals surface area (Å²) in [5.41, 5.74) is 4.12. The summed E-state index contributed by atoms with van der Waals surface area (Å²) in [5.74, 6) is 0. The summed E-state index contributed by atoms with van der Waals surface area (Å²) in [7, 11) is 0. The van der Waals surface area contributed by atoms with E-state index in [-0.39, 0.29) is 0 Å². The highest BCUT2D eigenvalue weighted by molar-refractivity contribution is 9.10. The molecule has 0 radical (unpaired) electrons. The van der Waals surface area contributed by atoms with Crippen molar-refractivity contribution in [1.82, 2.24) is 4.90 Å². The van der Waals surface area contributed by atoms with Crippen molar-refractivity contribution < 1.29 is 0 Å². The zero-order chi connectivity index (χ0) is 15.2. The highest BCUT2D eigenvalue weighted by Crippen LogP contribution is 2.24. The molecule has 3 heteroatoms. The highest BCUT2D eigenvalue weighted by Gasteiger charge is 2.18. The summed E-state index contributed by atoms with van der Waals surface area (Å²) in [6, 6.07) is 7.18. The predicted molar refractivity (Wildman–Crippen MR) is 96.0 cm³/mol. The van der Waals surface area contributed by atoms with Crippen LogP contribution in [0.25, 0.3) is 0 Å². The molecule has 0 bridgehead atoms. The third-order valence-electron chi connectivity index (χ3n) is 4.15. The number of piperidine rings is 1. The molecule has 21 heavy (non-hydrogen) atoms. The van der Waals surface area contributed by atoms with Gasteiger partial charge in [-0.1, -0.05) is 34.5 Å². The fourth-order valence-corrected chi connectivity index (χ4v) is 3.20. The van der Waals surface area contributed by atoms with Gasteiger partial charge in [-0.05, 0) is 56.9 Å². The van der Waals surface area contributed by atoms with Crippen molar-refractivity contribution in [2.45, 2.75) is 46.1 Å². The second kappa shape index (κ2) is 8.00. The normalized spacial score (nSPS) is 16.8. The van der Waals surface area contributed by atoms with Gasteiger partial charge in [0.25, 0.3) is 0 Å². The van der Waals surface area contributed by atoms with Crippen molar-refractivity contribution in [2.75, 3.05) is 25.0 Å². The molecule has 2 rings (SSSR count). The summed E-state index contributed by atoms with van der Waals surface area (Å²) in [5, 5.41) is 3.75. The summed E-state index contributed by atoms with van der Waals surface area (Å²) >= 11 is 3.56. The van der Waals surface area contributed by atoms with Gasteiger partial charge in [0.15, 0.2) is 0 Å². The Kier molecular flexibility index (Phi) is 6.31. The maximum atomic E-state index is 3.75. The molecular weight excluding hydrogens is 324 g/mol. The third-order valence-corrected chi connectivity index (χ3v) is 4.65. The van der Waals surface area contributed by atoms with Gasteiger partial charge < -0.3 is 5.32 Å². The number of nitrogens with one attached hydrogen (secondary N) is 1. The Labute approximate surface area is 137 Å². The van der Waals surface area contributed by atoms with Crippen molar-refractivity contribution >= 4 is 21.6 Å². The molecule has 1 aromatic carbocycles. The van der Waals surface area contributed by atoms with E-state index in [1.165, 1.54) is 47.2 Å². The summed E-state index contributed by atoms with van der Waals surface area (Å²) < 4.78 is 1.17. The Morgan fingerprint density at radius 2 is 2.05 bits per heavy atom. The van der Waals surface area contributed by atoms with Crippen LogP contribution in [0.1, 0.15) is 39.2 Å². The van der Waals surface area contributed by atoms with E-state index in [1.54, 1.807) is 0 Å². The number of nitrogens with zero attached hydrogens (tertiary/aromatic N) is 1. The lowest BCUT2D eigenvalue weighted by atomic mass is 10.0. The Balaban J connectivity index is 1.87. The Morgan fingerprint density at radius 1 is 1.33 bits per heavy atom. The van der Waals surface area contributed by atoms with E-state index in [0.717, 1.165) is 13.0 Å². The van der Waals surface area contributed by atoms with Crippen molar-refractivity contribution in [2.24, 2.45) is 0 Å². The Morgan fingerprint density at radius 3 is 2.67 bits per heavy atom. The van der Waals surface area contributed by atoms with Gasteiger partial charge >= 0.3 is 0 Å². The zero-order valence-electron chi connectivity index (χ0n) is 13.5. The van der Waals surface area contributed by atoms with E-state index in [9.17, 15) is 0 Å². The van der Waals surface area contributed by atoms with E-state index in [0.29, 0.717) is 6.04 Å². The molecule has 1 aromatic rings. The first-order valence-electron chi connectivity index (χ1n) is 7.99. The molecule has 1 aliphatic heterocycles. The van der Waals surface area contributed by atoms with Gasteiger partial charge in [-0.3, -0.25) is 4.90 Å². The molecule has 1 N–H and O–H groups in total. The highest BCUT2D eigenvalue weighted by atomic mass is 79.9. The van der Waals surface area contributed by atoms with Crippen LogP contribution < -0.4 is 5.32 Å². The summed E-state index contributed by atoms with van der Waals surface area (Å²) in [4.78, 5) is 2.55. The molecule has 0 aliphatic carbocycles. The molecule has 1 aliphatic rings. The fourth-order valence-electron chi connectivity index (χ4n) is 2.79. The molecule has 2 nitrogen and oxygen atoms in total. The lowest BCUT2D eigenvalue weighted by molar-refractivity contribution is 0.240. The van der Waals surface area contributed by atoms with Gasteiger partial charge in [0.05, 0.1) is 0 Å². The standard InChI is InChI=1S/C18H27BrN2/c1-4-15-13-16(19)5-6-18(15)20-17-8-11-21(12-9-17)10-7-14(2)3/h5-7,13,17,20H,4,8-12H2,1-3H3. The van der Waals surface area contributed by atoms with Crippen LogP contribution in [0, 0.1) is 0 Å². The number of hydrogen-bond acceptors (Lipinski definition) is 2. The number of halogens is 1. The van der Waals surface area contributed by atoms with Crippen LogP contribution in [0.2, 0.25) is 0 Å². The average molecular weight is 351 g/mol. The second-order valence-corrected chi connectivity index (χ2v) is 7.07. The molecule has 0 atom stereocenters. The maximum absolute atomic E-state index is 3.75. The number of hydrogen-bond donors (Lipinski definition) is 1. The van der Waals surface area contributed by atoms with Gasteiger partial charge in [-0.25, -0.2) is 0 Å². The first-order valence-corrected chi connectivity index (χ1v) is 8.78. The molecule has 0 amide bonds. The van der Waals surface area contributed by atoms with Crippen LogP contribution in [-0.2, 0) is 6.42 Å². The second-order valence-electron chi connectivity index (χ2n) is 6.16. The lowest BCUT2D eigenvalue weighted by Gasteiger charge is -2.32. The smallest absolute Gasteiger partial charge is 0.0375 e. The molecule has 116 valence electrons. The number of aryl methyl sites for hydroxylation is 1. The van der Waals surface area contributed by atoms with Crippen molar-refractivity contribution in [1.29, 1.82) is 0 Å². The maximum Gasteiger partial charge on any atom is 0.0375 e. The average Bonchev–Trinajstić information content (AvgIpc) is 2.48. The van der Waals surface area contributed by atoms with Crippen LogP contribution >= 0.6 is 15.9 Å². The largest absolute Gasteiger partial charge is 0.382 e. The number of benzene rings is 1. The fraction of sp³-hybridized carbons (Fsp3) is 0.556. The van der Waals surface area contributed by atoms with E-state index < -0.39 is 0 Å². The summed E-state index contributed by atoms with van der Waals surface area (Å²) in [6.07, 6.45) is 5.87. The summed E-state index contributed by atoms with van der Waals surface area (Å²) in [6.45, 7) is 10.1. The van der Waals surface area contributed by atoms with Crippen LogP contribution in [0.4, 0.5) is 5.69 Å². The zero-order valence-corrected chi connectivity index (χ0v) is 15.0. The molecule has 0 spiro atoms. The minimum absolute atomic E-state index is 0.611. The first kappa shape index (κ1) is 16.6. The quantitative estimate of drug-likeness (QED) is 0.763. The molecule has 0 saturated carbocycles. The first-order chi connectivity index (χ1) is 10.1. The molecule has 0 aromatic heterocycles. The van der Waals surface area contributed by atoms with E-state index in [2.05, 4.69) is 71.2 Å². The SMILES string of the molecule is CCc1cc(Br)ccc1NC1CCN(CC=C(C)C)CC1. The predicted octanol–water partition coefficient (Wildman–Crippen LogP) is 4.85. The van der Waals surface area contributed by atoms with Gasteiger partial charge in [-0.2, -0.15) is 0 Å². The molecule has 0 unspecified atom stereocenters. The lowest BCUT2D eigenvalue weighted by Crippen LogP contribution is -2.39. The molecule has 1 heterocycles. The van der Waals surface area contributed by atoms with E-state index in [4.69, 9.17) is 0 Å². The Bertz CT molecular complexity index is 484.